The van der Waals surface area contributed by atoms with Crippen LogP contribution in [0, 0.1) is 0 Å². The van der Waals surface area contributed by atoms with Crippen molar-refractivity contribution in [2.75, 3.05) is 20.7 Å². The molecule has 29 heavy (non-hydrogen) atoms. The topological polar surface area (TPSA) is 160 Å². The fraction of sp³-hybridized carbons (Fsp3) is 0.579. The maximum Gasteiger partial charge on any atom is 0.282 e. The molecule has 1 fully saturated rings. The number of carbonyl (C=O) groups is 2. The molecule has 1 aliphatic rings. The Kier molecular flexibility index (Phi) is 7.69. The quantitative estimate of drug-likeness (QED) is 0.283. The van der Waals surface area contributed by atoms with Crippen LogP contribution in [0.5, 0.6) is 0 Å². The van der Waals surface area contributed by atoms with Crippen LogP contribution < -0.4 is 5.32 Å². The highest BCUT2D eigenvalue weighted by molar-refractivity contribution is 5.83. The molecule has 0 saturated carbocycles. The van der Waals surface area contributed by atoms with Crippen LogP contribution in [-0.2, 0) is 20.7 Å². The second-order valence-corrected chi connectivity index (χ2v) is 7.33. The molecule has 2 amide bonds. The third kappa shape index (κ3) is 5.50. The van der Waals surface area contributed by atoms with Gasteiger partial charge in [-0.1, -0.05) is 30.3 Å². The highest BCUT2D eigenvalue weighted by Crippen LogP contribution is 2.31. The summed E-state index contributed by atoms with van der Waals surface area (Å²) < 4.78 is 5.38. The Hall–Kier alpha value is -2.08. The third-order valence-electron chi connectivity index (χ3n) is 4.78. The molecule has 0 aromatic heterocycles. The number of rotatable bonds is 7. The summed E-state index contributed by atoms with van der Waals surface area (Å²) in [6.07, 6.45) is -7.08. The number of likely N-dealkylation sites (N-methyl/N-ethyl adjacent to an activating group) is 1. The van der Waals surface area contributed by atoms with Crippen molar-refractivity contribution in [3.8, 4) is 0 Å². The minimum absolute atomic E-state index is 0.0175. The Morgan fingerprint density at radius 3 is 2.45 bits per heavy atom. The molecule has 0 radical (unpaired) electrons. The molecule has 10 heteroatoms. The summed E-state index contributed by atoms with van der Waals surface area (Å²) in [6, 6.07) is 7.56. The Labute approximate surface area is 168 Å². The highest BCUT2D eigenvalue weighted by atomic mass is 16.6. The van der Waals surface area contributed by atoms with Crippen molar-refractivity contribution in [3.63, 3.8) is 0 Å². The summed E-state index contributed by atoms with van der Waals surface area (Å²) in [5.74, 6) is -3.84. The summed E-state index contributed by atoms with van der Waals surface area (Å²) in [5.41, 5.74) is 0.711. The highest BCUT2D eigenvalue weighted by Gasteiger charge is 2.54. The number of hydrogen-bond donors (Lipinski definition) is 6. The zero-order valence-electron chi connectivity index (χ0n) is 16.3. The number of amides is 2. The maximum absolute atomic E-state index is 12.4. The van der Waals surface area contributed by atoms with Gasteiger partial charge in [-0.25, -0.2) is 0 Å². The third-order valence-corrected chi connectivity index (χ3v) is 4.78. The summed E-state index contributed by atoms with van der Waals surface area (Å²) in [4.78, 5) is 25.8. The van der Waals surface area contributed by atoms with Crippen molar-refractivity contribution in [1.82, 2.24) is 10.2 Å². The molecule has 1 unspecified atom stereocenters. The van der Waals surface area contributed by atoms with E-state index in [9.17, 15) is 30.0 Å². The van der Waals surface area contributed by atoms with Gasteiger partial charge >= 0.3 is 0 Å². The number of ether oxygens (including phenoxy) is 1. The predicted octanol–water partition coefficient (Wildman–Crippen LogP) is -2.65. The zero-order valence-corrected chi connectivity index (χ0v) is 16.3. The van der Waals surface area contributed by atoms with Crippen LogP contribution in [0.15, 0.2) is 30.3 Å². The van der Waals surface area contributed by atoms with Gasteiger partial charge in [0.1, 0.15) is 18.3 Å². The Bertz CT molecular complexity index is 701. The lowest BCUT2D eigenvalue weighted by Gasteiger charge is -2.46. The number of nitrogens with one attached hydrogen (secondary N) is 1. The number of benzene rings is 1. The van der Waals surface area contributed by atoms with Crippen LogP contribution >= 0.6 is 0 Å². The van der Waals surface area contributed by atoms with Crippen LogP contribution in [0.3, 0.4) is 0 Å². The summed E-state index contributed by atoms with van der Waals surface area (Å²) >= 11 is 0. The molecule has 0 aliphatic carbocycles. The van der Waals surface area contributed by atoms with E-state index in [1.54, 1.807) is 30.3 Å². The SMILES string of the molecule is CN(C)C(=O)C1(O)C[C@H](O)[C@@H](NC(=O)Cc2ccccc2)[C@H]([C@H](O)[C@H](O)CO)O1. The standard InChI is InChI=1S/C19H28N2O8/c1-21(2)18(27)19(28)9-12(23)15(17(29-19)16(26)13(24)10-22)20-14(25)8-11-6-4-3-5-7-11/h3-7,12-13,15-17,22-24,26,28H,8-10H2,1-2H3,(H,20,25)/t12-,13+,15+,16+,17+,19?/m0/s1. The molecule has 0 spiro atoms. The van der Waals surface area contributed by atoms with E-state index in [0.29, 0.717) is 5.56 Å². The van der Waals surface area contributed by atoms with Gasteiger partial charge in [-0.05, 0) is 5.56 Å². The Balaban J connectivity index is 2.23. The van der Waals surface area contributed by atoms with Gasteiger partial charge in [0.05, 0.1) is 25.2 Å². The van der Waals surface area contributed by atoms with E-state index in [1.807, 2.05) is 0 Å². The summed E-state index contributed by atoms with van der Waals surface area (Å²) in [6.45, 7) is -0.831. The Morgan fingerprint density at radius 2 is 1.90 bits per heavy atom. The van der Waals surface area contributed by atoms with Gasteiger partial charge in [-0.2, -0.15) is 0 Å². The second-order valence-electron chi connectivity index (χ2n) is 7.33. The van der Waals surface area contributed by atoms with Gasteiger partial charge in [0.25, 0.3) is 5.91 Å². The molecule has 2 rings (SSSR count). The van der Waals surface area contributed by atoms with E-state index in [1.165, 1.54) is 14.1 Å². The first-order chi connectivity index (χ1) is 13.6. The van der Waals surface area contributed by atoms with E-state index in [-0.39, 0.29) is 6.42 Å². The molecule has 162 valence electrons. The van der Waals surface area contributed by atoms with Crippen LogP contribution in [0.1, 0.15) is 12.0 Å². The first-order valence-corrected chi connectivity index (χ1v) is 9.19. The molecule has 1 aromatic carbocycles. The molecule has 1 aliphatic heterocycles. The van der Waals surface area contributed by atoms with Gasteiger partial charge in [0.15, 0.2) is 0 Å². The molecule has 1 aromatic rings. The van der Waals surface area contributed by atoms with E-state index in [4.69, 9.17) is 9.84 Å². The fourth-order valence-corrected chi connectivity index (χ4v) is 3.27. The summed E-state index contributed by atoms with van der Waals surface area (Å²) in [5, 5.41) is 53.0. The van der Waals surface area contributed by atoms with Gasteiger partial charge < -0.3 is 40.5 Å². The van der Waals surface area contributed by atoms with Crippen molar-refractivity contribution in [3.05, 3.63) is 35.9 Å². The van der Waals surface area contributed by atoms with Crippen molar-refractivity contribution >= 4 is 11.8 Å². The molecule has 6 atom stereocenters. The average molecular weight is 412 g/mol. The molecule has 0 bridgehead atoms. The van der Waals surface area contributed by atoms with Crippen molar-refractivity contribution < 1.29 is 39.9 Å². The van der Waals surface area contributed by atoms with Crippen LogP contribution in [0.2, 0.25) is 0 Å². The smallest absolute Gasteiger partial charge is 0.282 e. The fourth-order valence-electron chi connectivity index (χ4n) is 3.27. The monoisotopic (exact) mass is 412 g/mol. The van der Waals surface area contributed by atoms with E-state index >= 15 is 0 Å². The molecule has 1 saturated heterocycles. The first kappa shape index (κ1) is 23.2. The lowest BCUT2D eigenvalue weighted by atomic mass is 9.88. The molecule has 10 nitrogen and oxygen atoms in total. The molecular formula is C19H28N2O8. The van der Waals surface area contributed by atoms with Crippen molar-refractivity contribution in [1.29, 1.82) is 0 Å². The largest absolute Gasteiger partial charge is 0.394 e. The summed E-state index contributed by atoms with van der Waals surface area (Å²) in [7, 11) is 2.75. The van der Waals surface area contributed by atoms with E-state index in [2.05, 4.69) is 5.32 Å². The number of aliphatic hydroxyl groups excluding tert-OH is 4. The van der Waals surface area contributed by atoms with Crippen molar-refractivity contribution in [2.24, 2.45) is 0 Å². The maximum atomic E-state index is 12.4. The number of hydrogen-bond acceptors (Lipinski definition) is 8. The predicted molar refractivity (Wildman–Crippen MR) is 100 cm³/mol. The second kappa shape index (κ2) is 9.61. The minimum atomic E-state index is -2.47. The van der Waals surface area contributed by atoms with Crippen molar-refractivity contribution in [2.45, 2.75) is 49.1 Å². The van der Waals surface area contributed by atoms with E-state index in [0.717, 1.165) is 4.90 Å². The van der Waals surface area contributed by atoms with Gasteiger partial charge in [-0.15, -0.1) is 0 Å². The molecular weight excluding hydrogens is 384 g/mol. The number of aliphatic hydroxyl groups is 5. The molecule has 6 N–H and O–H groups in total. The minimum Gasteiger partial charge on any atom is -0.394 e. The van der Waals surface area contributed by atoms with Crippen LogP contribution in [0.25, 0.3) is 0 Å². The van der Waals surface area contributed by atoms with Gasteiger partial charge in [0, 0.05) is 20.5 Å². The van der Waals surface area contributed by atoms with Gasteiger partial charge in [0.2, 0.25) is 11.7 Å². The normalized spacial score (nSPS) is 29.0. The zero-order chi connectivity index (χ0) is 21.8. The van der Waals surface area contributed by atoms with E-state index < -0.39 is 61.1 Å². The molecule has 1 heterocycles. The Morgan fingerprint density at radius 1 is 1.28 bits per heavy atom. The lowest BCUT2D eigenvalue weighted by Crippen LogP contribution is -2.68. The average Bonchev–Trinajstić information content (AvgIpc) is 2.68. The van der Waals surface area contributed by atoms with Crippen LogP contribution in [0.4, 0.5) is 0 Å². The first-order valence-electron chi connectivity index (χ1n) is 9.19. The lowest BCUT2D eigenvalue weighted by molar-refractivity contribution is -0.290. The number of carbonyl (C=O) groups excluding carboxylic acids is 2. The van der Waals surface area contributed by atoms with Crippen LogP contribution in [-0.4, -0.2) is 99.2 Å². The number of nitrogens with zero attached hydrogens (tertiary/aromatic N) is 1. The van der Waals surface area contributed by atoms with Gasteiger partial charge in [-0.3, -0.25) is 9.59 Å².